The van der Waals surface area contributed by atoms with Crippen molar-refractivity contribution in [1.82, 2.24) is 10.0 Å². The van der Waals surface area contributed by atoms with Gasteiger partial charge in [0, 0.05) is 11.8 Å². The van der Waals surface area contributed by atoms with E-state index in [1.165, 1.54) is 25.0 Å². The van der Waals surface area contributed by atoms with Crippen molar-refractivity contribution in [3.63, 3.8) is 0 Å². The lowest BCUT2D eigenvalue weighted by Gasteiger charge is -2.23. The third-order valence-electron chi connectivity index (χ3n) is 1.92. The maximum absolute atomic E-state index is 5.19. The van der Waals surface area contributed by atoms with Gasteiger partial charge in [0.15, 0.2) is 0 Å². The zero-order valence-electron chi connectivity index (χ0n) is 7.75. The number of rotatable bonds is 4. The van der Waals surface area contributed by atoms with Crippen LogP contribution in [0.5, 0.6) is 0 Å². The topological polar surface area (TPSA) is 24.1 Å². The molecule has 1 aliphatic rings. The SMILES string of the molecule is CNCCCC1CCS(=S)SN1.Cl. The van der Waals surface area contributed by atoms with Gasteiger partial charge in [-0.3, -0.25) is 4.72 Å². The average Bonchev–Trinajstić information content (AvgIpc) is 2.09. The van der Waals surface area contributed by atoms with Gasteiger partial charge in [0.05, 0.1) is 0 Å². The standard InChI is InChI=1S/C7H16N2S3.ClH/c1-8-5-2-3-7-4-6-12(10)11-9-7;/h7-9H,2-6H2,1H3;1H. The molecule has 1 rings (SSSR count). The van der Waals surface area contributed by atoms with Crippen molar-refractivity contribution in [3.8, 4) is 0 Å². The van der Waals surface area contributed by atoms with Crippen LogP contribution in [-0.2, 0) is 19.7 Å². The molecule has 0 radical (unpaired) electrons. The van der Waals surface area contributed by atoms with E-state index in [0.717, 1.165) is 6.54 Å². The van der Waals surface area contributed by atoms with Gasteiger partial charge in [0.1, 0.15) is 0 Å². The van der Waals surface area contributed by atoms with Crippen molar-refractivity contribution in [1.29, 1.82) is 0 Å². The van der Waals surface area contributed by atoms with Crippen LogP contribution >= 0.6 is 23.4 Å². The molecular weight excluding hydrogens is 244 g/mol. The Hall–Kier alpha value is 1.13. The summed E-state index contributed by atoms with van der Waals surface area (Å²) in [6, 6.07) is 0.704. The zero-order chi connectivity index (χ0) is 8.81. The monoisotopic (exact) mass is 260 g/mol. The lowest BCUT2D eigenvalue weighted by Crippen LogP contribution is -2.30. The Kier molecular flexibility index (Phi) is 9.17. The van der Waals surface area contributed by atoms with Crippen LogP contribution in [0, 0.1) is 0 Å². The van der Waals surface area contributed by atoms with E-state index in [0.29, 0.717) is 6.04 Å². The number of hydrogen-bond acceptors (Lipinski definition) is 4. The van der Waals surface area contributed by atoms with Crippen molar-refractivity contribution in [2.45, 2.75) is 25.3 Å². The van der Waals surface area contributed by atoms with Gasteiger partial charge in [-0.25, -0.2) is 0 Å². The van der Waals surface area contributed by atoms with E-state index in [1.807, 2.05) is 7.05 Å². The Labute approximate surface area is 97.5 Å². The first-order valence-electron chi connectivity index (χ1n) is 4.28. The molecule has 0 spiro atoms. The molecule has 13 heavy (non-hydrogen) atoms. The molecule has 0 aromatic carbocycles. The molecular formula is C7H17ClN2S3. The molecule has 2 N–H and O–H groups in total. The fourth-order valence-corrected chi connectivity index (χ4v) is 4.14. The fourth-order valence-electron chi connectivity index (χ4n) is 1.19. The number of nitrogens with one attached hydrogen (secondary N) is 2. The normalized spacial score (nSPS) is 28.1. The van der Waals surface area contributed by atoms with Gasteiger partial charge in [-0.05, 0) is 63.5 Å². The predicted molar refractivity (Wildman–Crippen MR) is 69.1 cm³/mol. The first kappa shape index (κ1) is 14.1. The first-order chi connectivity index (χ1) is 5.83. The molecule has 0 saturated carbocycles. The Morgan fingerprint density at radius 1 is 1.69 bits per heavy atom. The molecule has 1 heterocycles. The van der Waals surface area contributed by atoms with Gasteiger partial charge in [0.2, 0.25) is 0 Å². The van der Waals surface area contributed by atoms with E-state index in [4.69, 9.17) is 11.2 Å². The van der Waals surface area contributed by atoms with Crippen LogP contribution in [0.4, 0.5) is 0 Å². The van der Waals surface area contributed by atoms with Gasteiger partial charge >= 0.3 is 0 Å². The smallest absolute Gasteiger partial charge is 0.0188 e. The maximum atomic E-state index is 5.19. The van der Waals surface area contributed by atoms with Crippen LogP contribution in [0.15, 0.2) is 0 Å². The van der Waals surface area contributed by atoms with Crippen molar-refractivity contribution < 1.29 is 0 Å². The summed E-state index contributed by atoms with van der Waals surface area (Å²) in [4.78, 5) is 0. The van der Waals surface area contributed by atoms with Crippen LogP contribution in [0.3, 0.4) is 0 Å². The molecule has 0 aromatic heterocycles. The molecule has 1 aliphatic heterocycles. The summed E-state index contributed by atoms with van der Waals surface area (Å²) in [6.07, 6.45) is 3.81. The highest BCUT2D eigenvalue weighted by Crippen LogP contribution is 2.17. The summed E-state index contributed by atoms with van der Waals surface area (Å²) in [5.41, 5.74) is 0. The van der Waals surface area contributed by atoms with Gasteiger partial charge in [-0.15, -0.1) is 12.4 Å². The van der Waals surface area contributed by atoms with E-state index in [2.05, 4.69) is 10.0 Å². The van der Waals surface area contributed by atoms with E-state index >= 15 is 0 Å². The molecule has 1 fully saturated rings. The minimum atomic E-state index is 0. The fraction of sp³-hybridized carbons (Fsp3) is 1.00. The van der Waals surface area contributed by atoms with Crippen LogP contribution < -0.4 is 10.0 Å². The van der Waals surface area contributed by atoms with Crippen molar-refractivity contribution in [2.75, 3.05) is 19.3 Å². The van der Waals surface area contributed by atoms with Crippen LogP contribution in [0.25, 0.3) is 0 Å². The molecule has 6 heteroatoms. The number of hydrogen-bond donors (Lipinski definition) is 2. The third kappa shape index (κ3) is 6.25. The minimum Gasteiger partial charge on any atom is -0.320 e. The van der Waals surface area contributed by atoms with Crippen molar-refractivity contribution in [3.05, 3.63) is 0 Å². The van der Waals surface area contributed by atoms with Gasteiger partial charge in [-0.2, -0.15) is 0 Å². The molecule has 0 bridgehead atoms. The van der Waals surface area contributed by atoms with E-state index in [1.54, 1.807) is 11.0 Å². The highest BCUT2D eigenvalue weighted by molar-refractivity contribution is 8.82. The van der Waals surface area contributed by atoms with Crippen LogP contribution in [0.2, 0.25) is 0 Å². The summed E-state index contributed by atoms with van der Waals surface area (Å²) in [7, 11) is 3.92. The van der Waals surface area contributed by atoms with E-state index in [9.17, 15) is 0 Å². The maximum Gasteiger partial charge on any atom is 0.0188 e. The average molecular weight is 261 g/mol. The molecule has 2 nitrogen and oxygen atoms in total. The second-order valence-electron chi connectivity index (χ2n) is 2.94. The lowest BCUT2D eigenvalue weighted by atomic mass is 10.1. The number of halogens is 1. The first-order valence-corrected chi connectivity index (χ1v) is 7.94. The highest BCUT2D eigenvalue weighted by atomic mass is 35.5. The second-order valence-corrected chi connectivity index (χ2v) is 7.91. The quantitative estimate of drug-likeness (QED) is 0.454. The Bertz CT molecular complexity index is 147. The minimum absolute atomic E-state index is 0. The van der Waals surface area contributed by atoms with Crippen molar-refractivity contribution >= 4 is 43.1 Å². The van der Waals surface area contributed by atoms with Gasteiger partial charge in [-0.1, -0.05) is 0 Å². The largest absolute Gasteiger partial charge is 0.320 e. The zero-order valence-corrected chi connectivity index (χ0v) is 11.0. The lowest BCUT2D eigenvalue weighted by molar-refractivity contribution is 0.531. The summed E-state index contributed by atoms with van der Waals surface area (Å²) >= 11 is 5.19. The third-order valence-corrected chi connectivity index (χ3v) is 5.56. The summed E-state index contributed by atoms with van der Waals surface area (Å²) in [6.45, 7) is 1.13. The summed E-state index contributed by atoms with van der Waals surface area (Å²) in [5, 5.41) is 3.16. The van der Waals surface area contributed by atoms with Crippen LogP contribution in [0.1, 0.15) is 19.3 Å². The Morgan fingerprint density at radius 2 is 2.46 bits per heavy atom. The predicted octanol–water partition coefficient (Wildman–Crippen LogP) is 1.41. The summed E-state index contributed by atoms with van der Waals surface area (Å²) in [5.74, 6) is 1.22. The second kappa shape index (κ2) is 8.44. The Morgan fingerprint density at radius 3 is 3.00 bits per heavy atom. The summed E-state index contributed by atoms with van der Waals surface area (Å²) < 4.78 is 3.42. The molecule has 0 aliphatic carbocycles. The Balaban J connectivity index is 0.00000144. The molecule has 1 saturated heterocycles. The van der Waals surface area contributed by atoms with Gasteiger partial charge < -0.3 is 5.32 Å². The van der Waals surface area contributed by atoms with E-state index < -0.39 is 0 Å². The molecule has 0 amide bonds. The van der Waals surface area contributed by atoms with Gasteiger partial charge in [0.25, 0.3) is 0 Å². The molecule has 0 aromatic rings. The highest BCUT2D eigenvalue weighted by Gasteiger charge is 2.14. The molecule has 80 valence electrons. The van der Waals surface area contributed by atoms with E-state index in [-0.39, 0.29) is 20.9 Å². The van der Waals surface area contributed by atoms with Crippen LogP contribution in [-0.4, -0.2) is 25.4 Å². The molecule has 2 unspecified atom stereocenters. The molecule has 2 atom stereocenters. The van der Waals surface area contributed by atoms with Crippen molar-refractivity contribution in [2.24, 2.45) is 0 Å².